The number of sulfonamides is 1. The first-order valence-electron chi connectivity index (χ1n) is 6.71. The van der Waals surface area contributed by atoms with Gasteiger partial charge in [0.2, 0.25) is 10.0 Å². The third-order valence-electron chi connectivity index (χ3n) is 3.15. The molecule has 2 aromatic rings. The first-order chi connectivity index (χ1) is 10.3. The maximum absolute atomic E-state index is 12.5. The molecule has 0 aliphatic heterocycles. The normalized spacial score (nSPS) is 11.2. The van der Waals surface area contributed by atoms with E-state index in [1.54, 1.807) is 24.3 Å². The van der Waals surface area contributed by atoms with Crippen molar-refractivity contribution in [2.45, 2.75) is 13.8 Å². The average molecular weight is 318 g/mol. The number of carbonyl (C=O) groups excluding carboxylic acids is 1. The van der Waals surface area contributed by atoms with Crippen molar-refractivity contribution in [1.82, 2.24) is 4.83 Å². The Kier molecular flexibility index (Phi) is 4.63. The molecule has 0 saturated heterocycles. The lowest BCUT2D eigenvalue weighted by Gasteiger charge is -2.09. The summed E-state index contributed by atoms with van der Waals surface area (Å²) in [6.45, 7) is 3.89. The Bertz CT molecular complexity index is 797. The van der Waals surface area contributed by atoms with Crippen molar-refractivity contribution in [2.24, 2.45) is 0 Å². The van der Waals surface area contributed by atoms with Crippen LogP contribution >= 0.6 is 0 Å². The third-order valence-corrected chi connectivity index (χ3v) is 3.63. The molecule has 0 saturated carbocycles. The Labute approximate surface area is 130 Å². The Morgan fingerprint density at radius 3 is 2.18 bits per heavy atom. The highest BCUT2D eigenvalue weighted by atomic mass is 32.2. The molecule has 5 nitrogen and oxygen atoms in total. The summed E-state index contributed by atoms with van der Waals surface area (Å²) < 4.78 is 22.0. The summed E-state index contributed by atoms with van der Waals surface area (Å²) in [4.78, 5) is 14.6. The lowest BCUT2D eigenvalue weighted by Crippen LogP contribution is -2.28. The van der Waals surface area contributed by atoms with Crippen molar-refractivity contribution < 1.29 is 13.2 Å². The van der Waals surface area contributed by atoms with Gasteiger partial charge in [-0.3, -0.25) is 4.79 Å². The molecule has 2 aromatic carbocycles. The van der Waals surface area contributed by atoms with Gasteiger partial charge in [-0.15, -0.1) is 4.83 Å². The van der Waals surface area contributed by atoms with Crippen LogP contribution < -0.4 is 10.3 Å². The monoisotopic (exact) mass is 318 g/mol. The fraction of sp³-hybridized carbons (Fsp3) is 0.188. The SMILES string of the molecule is Cc1ccc(C(=O)c2ccc(NNS(C)(=O)=O)cc2)c(C)c1. The Balaban J connectivity index is 2.17. The zero-order chi connectivity index (χ0) is 16.3. The Hall–Kier alpha value is -2.18. The first kappa shape index (κ1) is 16.2. The van der Waals surface area contributed by atoms with Gasteiger partial charge in [0.15, 0.2) is 5.78 Å². The second kappa shape index (κ2) is 6.29. The van der Waals surface area contributed by atoms with E-state index in [1.807, 2.05) is 32.0 Å². The second-order valence-electron chi connectivity index (χ2n) is 5.22. The van der Waals surface area contributed by atoms with E-state index < -0.39 is 10.0 Å². The van der Waals surface area contributed by atoms with E-state index in [0.717, 1.165) is 17.4 Å². The number of rotatable bonds is 5. The topological polar surface area (TPSA) is 75.3 Å². The molecule has 0 bridgehead atoms. The summed E-state index contributed by atoms with van der Waals surface area (Å²) in [6, 6.07) is 12.3. The Morgan fingerprint density at radius 1 is 1.00 bits per heavy atom. The number of nitrogens with one attached hydrogen (secondary N) is 2. The van der Waals surface area contributed by atoms with Crippen LogP contribution in [0.3, 0.4) is 0 Å². The van der Waals surface area contributed by atoms with Crippen molar-refractivity contribution in [3.05, 3.63) is 64.7 Å². The summed E-state index contributed by atoms with van der Waals surface area (Å²) >= 11 is 0. The van der Waals surface area contributed by atoms with E-state index in [-0.39, 0.29) is 5.78 Å². The summed E-state index contributed by atoms with van der Waals surface area (Å²) in [5.41, 5.74) is 6.39. The standard InChI is InChI=1S/C16H18N2O3S/c1-11-4-9-15(12(2)10-11)16(19)13-5-7-14(8-6-13)17-18-22(3,20)21/h4-10,17-18H,1-3H3. The van der Waals surface area contributed by atoms with Crippen LogP contribution in [0.2, 0.25) is 0 Å². The van der Waals surface area contributed by atoms with Gasteiger partial charge in [0, 0.05) is 16.8 Å². The number of benzene rings is 2. The number of aryl methyl sites for hydroxylation is 2. The van der Waals surface area contributed by atoms with Gasteiger partial charge < -0.3 is 5.43 Å². The van der Waals surface area contributed by atoms with Gasteiger partial charge in [0.1, 0.15) is 0 Å². The molecule has 0 aliphatic rings. The minimum Gasteiger partial charge on any atom is -0.308 e. The van der Waals surface area contributed by atoms with Crippen LogP contribution in [0, 0.1) is 13.8 Å². The van der Waals surface area contributed by atoms with Crippen LogP contribution in [0.25, 0.3) is 0 Å². The molecule has 0 fully saturated rings. The van der Waals surface area contributed by atoms with Crippen LogP contribution in [-0.4, -0.2) is 20.5 Å². The molecule has 0 spiro atoms. The van der Waals surface area contributed by atoms with E-state index in [4.69, 9.17) is 0 Å². The highest BCUT2D eigenvalue weighted by molar-refractivity contribution is 7.88. The van der Waals surface area contributed by atoms with Crippen molar-refractivity contribution in [2.75, 3.05) is 11.7 Å². The van der Waals surface area contributed by atoms with Gasteiger partial charge in [-0.05, 0) is 43.7 Å². The van der Waals surface area contributed by atoms with Crippen LogP contribution in [0.4, 0.5) is 5.69 Å². The first-order valence-corrected chi connectivity index (χ1v) is 8.60. The summed E-state index contributed by atoms with van der Waals surface area (Å²) in [5.74, 6) is -0.0554. The van der Waals surface area contributed by atoms with Crippen molar-refractivity contribution in [3.8, 4) is 0 Å². The molecule has 22 heavy (non-hydrogen) atoms. The van der Waals surface area contributed by atoms with Gasteiger partial charge >= 0.3 is 0 Å². The molecule has 2 N–H and O–H groups in total. The molecule has 2 rings (SSSR count). The highest BCUT2D eigenvalue weighted by Gasteiger charge is 2.11. The molecule has 0 atom stereocenters. The number of ketones is 1. The molecular weight excluding hydrogens is 300 g/mol. The van der Waals surface area contributed by atoms with E-state index in [0.29, 0.717) is 16.8 Å². The van der Waals surface area contributed by atoms with Crippen molar-refractivity contribution >= 4 is 21.5 Å². The van der Waals surface area contributed by atoms with E-state index in [2.05, 4.69) is 10.3 Å². The van der Waals surface area contributed by atoms with Gasteiger partial charge in [-0.25, -0.2) is 8.42 Å². The van der Waals surface area contributed by atoms with Crippen molar-refractivity contribution in [3.63, 3.8) is 0 Å². The number of hydrogen-bond acceptors (Lipinski definition) is 4. The number of hydrazine groups is 1. The largest absolute Gasteiger partial charge is 0.308 e. The van der Waals surface area contributed by atoms with Gasteiger partial charge in [-0.1, -0.05) is 23.8 Å². The predicted molar refractivity (Wildman–Crippen MR) is 87.4 cm³/mol. The molecule has 0 aromatic heterocycles. The van der Waals surface area contributed by atoms with E-state index in [1.165, 1.54) is 0 Å². The predicted octanol–water partition coefficient (Wildman–Crippen LogP) is 2.41. The molecule has 0 radical (unpaired) electrons. The lowest BCUT2D eigenvalue weighted by atomic mass is 9.97. The maximum atomic E-state index is 12.5. The second-order valence-corrected chi connectivity index (χ2v) is 6.97. The van der Waals surface area contributed by atoms with Crippen LogP contribution in [0.5, 0.6) is 0 Å². The lowest BCUT2D eigenvalue weighted by molar-refractivity contribution is 0.103. The third kappa shape index (κ3) is 4.16. The molecular formula is C16H18N2O3S. The van der Waals surface area contributed by atoms with Crippen molar-refractivity contribution in [1.29, 1.82) is 0 Å². The highest BCUT2D eigenvalue weighted by Crippen LogP contribution is 2.17. The summed E-state index contributed by atoms with van der Waals surface area (Å²) in [6.07, 6.45) is 1.05. The van der Waals surface area contributed by atoms with Gasteiger partial charge in [-0.2, -0.15) is 0 Å². The van der Waals surface area contributed by atoms with Gasteiger partial charge in [0.05, 0.1) is 6.26 Å². The minimum absolute atomic E-state index is 0.0554. The Morgan fingerprint density at radius 2 is 1.64 bits per heavy atom. The zero-order valence-electron chi connectivity index (χ0n) is 12.7. The zero-order valence-corrected chi connectivity index (χ0v) is 13.5. The molecule has 0 amide bonds. The molecule has 116 valence electrons. The number of anilines is 1. The van der Waals surface area contributed by atoms with Crippen LogP contribution in [0.1, 0.15) is 27.0 Å². The fourth-order valence-electron chi connectivity index (χ4n) is 2.08. The number of hydrogen-bond donors (Lipinski definition) is 2. The minimum atomic E-state index is -3.33. The molecule has 6 heteroatoms. The quantitative estimate of drug-likeness (QED) is 0.656. The molecule has 0 heterocycles. The summed E-state index contributed by atoms with van der Waals surface area (Å²) in [5, 5.41) is 0. The van der Waals surface area contributed by atoms with E-state index in [9.17, 15) is 13.2 Å². The van der Waals surface area contributed by atoms with E-state index >= 15 is 0 Å². The summed E-state index contributed by atoms with van der Waals surface area (Å²) in [7, 11) is -3.33. The smallest absolute Gasteiger partial charge is 0.225 e. The average Bonchev–Trinajstić information content (AvgIpc) is 2.44. The molecule has 0 unspecified atom stereocenters. The number of carbonyl (C=O) groups is 1. The van der Waals surface area contributed by atoms with Gasteiger partial charge in [0.25, 0.3) is 0 Å². The molecule has 0 aliphatic carbocycles. The van der Waals surface area contributed by atoms with Crippen LogP contribution in [-0.2, 0) is 10.0 Å². The fourth-order valence-corrected chi connectivity index (χ4v) is 2.38. The maximum Gasteiger partial charge on any atom is 0.225 e. The van der Waals surface area contributed by atoms with Crippen LogP contribution in [0.15, 0.2) is 42.5 Å².